The minimum absolute atomic E-state index is 0.247. The van der Waals surface area contributed by atoms with Gasteiger partial charge in [-0.25, -0.2) is 4.39 Å². The monoisotopic (exact) mass is 403 g/mol. The second-order valence-electron chi connectivity index (χ2n) is 6.36. The molecule has 0 aliphatic heterocycles. The summed E-state index contributed by atoms with van der Waals surface area (Å²) in [6, 6.07) is 19.0. The molecule has 0 unspecified atom stereocenters. The van der Waals surface area contributed by atoms with E-state index in [0.717, 1.165) is 11.1 Å². The Morgan fingerprint density at radius 3 is 2.63 bits per heavy atom. The fourth-order valence-electron chi connectivity index (χ4n) is 2.75. The first kappa shape index (κ1) is 19.3. The molecule has 8 heteroatoms. The number of nitrogens with zero attached hydrogens (tertiary/aromatic N) is 4. The first-order valence-electron chi connectivity index (χ1n) is 9.31. The smallest absolute Gasteiger partial charge is 0.244 e. The molecule has 0 saturated heterocycles. The third kappa shape index (κ3) is 4.67. The lowest BCUT2D eigenvalue weighted by molar-refractivity contribution is -0.116. The number of benzene rings is 2. The van der Waals surface area contributed by atoms with Crippen LogP contribution in [-0.4, -0.2) is 38.9 Å². The molecule has 0 aliphatic rings. The second kappa shape index (κ2) is 8.95. The standard InChI is InChI=1S/C22H18FN5O2/c23-18-9-6-16(7-10-18)8-12-20(29)24-14-15-30-21-13-11-19-25-26-22(28(19)27-21)17-4-2-1-3-5-17/h1-13H,14-15H2,(H,24,29)/b12-8+. The quantitative estimate of drug-likeness (QED) is 0.379. The van der Waals surface area contributed by atoms with Crippen molar-refractivity contribution < 1.29 is 13.9 Å². The van der Waals surface area contributed by atoms with Crippen molar-refractivity contribution in [1.29, 1.82) is 0 Å². The average molecular weight is 403 g/mol. The third-order valence-corrected chi connectivity index (χ3v) is 4.22. The summed E-state index contributed by atoms with van der Waals surface area (Å²) in [5.74, 6) is 0.435. The van der Waals surface area contributed by atoms with Crippen LogP contribution in [0.4, 0.5) is 4.39 Å². The zero-order valence-corrected chi connectivity index (χ0v) is 15.9. The number of hydrogen-bond acceptors (Lipinski definition) is 5. The molecule has 0 bridgehead atoms. The van der Waals surface area contributed by atoms with E-state index in [4.69, 9.17) is 4.74 Å². The van der Waals surface area contributed by atoms with Gasteiger partial charge in [-0.2, -0.15) is 4.52 Å². The minimum Gasteiger partial charge on any atom is -0.475 e. The lowest BCUT2D eigenvalue weighted by Crippen LogP contribution is -2.26. The van der Waals surface area contributed by atoms with Crippen molar-refractivity contribution in [3.05, 3.63) is 84.2 Å². The predicted octanol–water partition coefficient (Wildman–Crippen LogP) is 3.14. The molecule has 30 heavy (non-hydrogen) atoms. The molecule has 2 aromatic heterocycles. The third-order valence-electron chi connectivity index (χ3n) is 4.22. The number of carbonyl (C=O) groups is 1. The Morgan fingerprint density at radius 2 is 1.83 bits per heavy atom. The van der Waals surface area contributed by atoms with Gasteiger partial charge in [0.2, 0.25) is 11.8 Å². The summed E-state index contributed by atoms with van der Waals surface area (Å²) >= 11 is 0. The average Bonchev–Trinajstić information content (AvgIpc) is 3.20. The summed E-state index contributed by atoms with van der Waals surface area (Å²) in [4.78, 5) is 11.9. The number of nitrogens with one attached hydrogen (secondary N) is 1. The summed E-state index contributed by atoms with van der Waals surface area (Å²) in [5.41, 5.74) is 2.25. The highest BCUT2D eigenvalue weighted by Gasteiger charge is 2.10. The van der Waals surface area contributed by atoms with Crippen molar-refractivity contribution in [3.63, 3.8) is 0 Å². The maximum Gasteiger partial charge on any atom is 0.244 e. The van der Waals surface area contributed by atoms with Crippen LogP contribution in [0.25, 0.3) is 23.1 Å². The summed E-state index contributed by atoms with van der Waals surface area (Å²) in [7, 11) is 0. The number of amides is 1. The van der Waals surface area contributed by atoms with Gasteiger partial charge < -0.3 is 10.1 Å². The summed E-state index contributed by atoms with van der Waals surface area (Å²) in [6.45, 7) is 0.553. The molecule has 0 saturated carbocycles. The molecule has 1 N–H and O–H groups in total. The van der Waals surface area contributed by atoms with E-state index >= 15 is 0 Å². The largest absolute Gasteiger partial charge is 0.475 e. The molecule has 0 radical (unpaired) electrons. The van der Waals surface area contributed by atoms with Gasteiger partial charge in [0.15, 0.2) is 11.5 Å². The fourth-order valence-corrected chi connectivity index (χ4v) is 2.75. The first-order valence-corrected chi connectivity index (χ1v) is 9.31. The molecule has 150 valence electrons. The number of fused-ring (bicyclic) bond motifs is 1. The van der Waals surface area contributed by atoms with Crippen LogP contribution in [0.5, 0.6) is 5.88 Å². The number of rotatable bonds is 7. The second-order valence-corrected chi connectivity index (χ2v) is 6.36. The molecular weight excluding hydrogens is 385 g/mol. The van der Waals surface area contributed by atoms with Gasteiger partial charge in [-0.05, 0) is 29.8 Å². The maximum atomic E-state index is 12.9. The van der Waals surface area contributed by atoms with Crippen LogP contribution < -0.4 is 10.1 Å². The zero-order chi connectivity index (χ0) is 20.8. The normalized spacial score (nSPS) is 11.1. The van der Waals surface area contributed by atoms with Crippen LogP contribution >= 0.6 is 0 Å². The molecule has 0 atom stereocenters. The van der Waals surface area contributed by atoms with E-state index in [1.54, 1.807) is 34.9 Å². The molecule has 4 rings (SSSR count). The highest BCUT2D eigenvalue weighted by Crippen LogP contribution is 2.18. The Balaban J connectivity index is 1.32. The van der Waals surface area contributed by atoms with Crippen molar-refractivity contribution in [1.82, 2.24) is 25.1 Å². The van der Waals surface area contributed by atoms with E-state index in [-0.39, 0.29) is 18.3 Å². The first-order chi connectivity index (χ1) is 14.7. The van der Waals surface area contributed by atoms with E-state index in [9.17, 15) is 9.18 Å². The van der Waals surface area contributed by atoms with Crippen LogP contribution in [0.1, 0.15) is 5.56 Å². The molecule has 0 fully saturated rings. The van der Waals surface area contributed by atoms with Gasteiger partial charge in [-0.15, -0.1) is 15.3 Å². The number of carbonyl (C=O) groups excluding carboxylic acids is 1. The van der Waals surface area contributed by atoms with Crippen LogP contribution in [0.3, 0.4) is 0 Å². The van der Waals surface area contributed by atoms with Crippen LogP contribution in [0.2, 0.25) is 0 Å². The SMILES string of the molecule is O=C(/C=C/c1ccc(F)cc1)NCCOc1ccc2nnc(-c3ccccc3)n2n1. The topological polar surface area (TPSA) is 81.4 Å². The van der Waals surface area contributed by atoms with Gasteiger partial charge in [0.25, 0.3) is 0 Å². The highest BCUT2D eigenvalue weighted by molar-refractivity contribution is 5.91. The Morgan fingerprint density at radius 1 is 1.03 bits per heavy atom. The predicted molar refractivity (Wildman–Crippen MR) is 110 cm³/mol. The van der Waals surface area contributed by atoms with Crippen molar-refractivity contribution in [2.24, 2.45) is 0 Å². The summed E-state index contributed by atoms with van der Waals surface area (Å²) < 4.78 is 20.1. The Kier molecular flexibility index (Phi) is 5.75. The van der Waals surface area contributed by atoms with Crippen molar-refractivity contribution in [2.45, 2.75) is 0 Å². The molecule has 7 nitrogen and oxygen atoms in total. The van der Waals surface area contributed by atoms with E-state index in [0.29, 0.717) is 23.9 Å². The van der Waals surface area contributed by atoms with Gasteiger partial charge >= 0.3 is 0 Å². The van der Waals surface area contributed by atoms with E-state index in [1.807, 2.05) is 30.3 Å². The Hall–Kier alpha value is -4.07. The minimum atomic E-state index is -0.317. The lowest BCUT2D eigenvalue weighted by atomic mass is 10.2. The van der Waals surface area contributed by atoms with E-state index < -0.39 is 0 Å². The highest BCUT2D eigenvalue weighted by atomic mass is 19.1. The van der Waals surface area contributed by atoms with Gasteiger partial charge in [0.1, 0.15) is 12.4 Å². The van der Waals surface area contributed by atoms with E-state index in [2.05, 4.69) is 20.6 Å². The number of hydrogen-bond donors (Lipinski definition) is 1. The van der Waals surface area contributed by atoms with Gasteiger partial charge in [-0.1, -0.05) is 42.5 Å². The molecule has 4 aromatic rings. The van der Waals surface area contributed by atoms with Crippen LogP contribution in [0, 0.1) is 5.82 Å². The fraction of sp³-hybridized carbons (Fsp3) is 0.0909. The summed E-state index contributed by atoms with van der Waals surface area (Å²) in [6.07, 6.45) is 3.00. The van der Waals surface area contributed by atoms with Crippen LogP contribution in [0.15, 0.2) is 72.8 Å². The maximum absolute atomic E-state index is 12.9. The molecule has 2 heterocycles. The molecule has 0 spiro atoms. The number of aromatic nitrogens is 4. The van der Waals surface area contributed by atoms with Crippen molar-refractivity contribution in [2.75, 3.05) is 13.2 Å². The molecule has 0 aliphatic carbocycles. The molecule has 1 amide bonds. The van der Waals surface area contributed by atoms with Crippen LogP contribution in [-0.2, 0) is 4.79 Å². The molecule has 2 aromatic carbocycles. The molecular formula is C22H18FN5O2. The lowest BCUT2D eigenvalue weighted by Gasteiger charge is -2.06. The van der Waals surface area contributed by atoms with E-state index in [1.165, 1.54) is 18.2 Å². The van der Waals surface area contributed by atoms with Gasteiger partial charge in [-0.3, -0.25) is 4.79 Å². The van der Waals surface area contributed by atoms with Crippen molar-refractivity contribution >= 4 is 17.6 Å². The number of halogens is 1. The Labute approximate surface area is 171 Å². The zero-order valence-electron chi connectivity index (χ0n) is 15.9. The summed E-state index contributed by atoms with van der Waals surface area (Å²) in [5, 5.41) is 15.4. The van der Waals surface area contributed by atoms with Crippen molar-refractivity contribution in [3.8, 4) is 17.3 Å². The Bertz CT molecular complexity index is 1170. The van der Waals surface area contributed by atoms with Gasteiger partial charge in [0.05, 0.1) is 6.54 Å². The van der Waals surface area contributed by atoms with Gasteiger partial charge in [0, 0.05) is 17.7 Å². The number of ether oxygens (including phenoxy) is 1.